The lowest BCUT2D eigenvalue weighted by Crippen LogP contribution is -2.23. The Bertz CT molecular complexity index is 164. The summed E-state index contributed by atoms with van der Waals surface area (Å²) in [6, 6.07) is 0. The summed E-state index contributed by atoms with van der Waals surface area (Å²) in [5, 5.41) is -0.502. The van der Waals surface area contributed by atoms with Gasteiger partial charge in [-0.3, -0.25) is 9.59 Å². The summed E-state index contributed by atoms with van der Waals surface area (Å²) in [7, 11) is 1.30. The Kier molecular flexibility index (Phi) is 5.67. The number of hydrogen-bond acceptors (Lipinski definition) is 4. The van der Waals surface area contributed by atoms with E-state index in [1.807, 2.05) is 0 Å². The molecule has 0 saturated carbocycles. The van der Waals surface area contributed by atoms with E-state index >= 15 is 0 Å². The SMILES string of the molecule is COC(=O)C(BBr)SC(C)=O. The molecule has 0 saturated heterocycles. The summed E-state index contributed by atoms with van der Waals surface area (Å²) in [4.78, 5) is 21.4. The third-order valence-electron chi connectivity index (χ3n) is 0.912. The lowest BCUT2D eigenvalue weighted by molar-refractivity contribution is -0.138. The molecule has 0 amide bonds. The molecule has 62 valence electrons. The van der Waals surface area contributed by atoms with Gasteiger partial charge in [0.05, 0.1) is 12.3 Å². The van der Waals surface area contributed by atoms with Gasteiger partial charge in [0.15, 0.2) is 5.12 Å². The largest absolute Gasteiger partial charge is 0.469 e. The van der Waals surface area contributed by atoms with Crippen LogP contribution in [-0.2, 0) is 14.3 Å². The molecule has 0 N–H and O–H groups in total. The second kappa shape index (κ2) is 5.66. The van der Waals surface area contributed by atoms with Gasteiger partial charge in [0.25, 0.3) is 0 Å². The lowest BCUT2D eigenvalue weighted by atomic mass is 10.0. The van der Waals surface area contributed by atoms with E-state index in [9.17, 15) is 9.59 Å². The van der Waals surface area contributed by atoms with Gasteiger partial charge < -0.3 is 4.74 Å². The summed E-state index contributed by atoms with van der Waals surface area (Å²) in [6.07, 6.45) is 0.434. The fraction of sp³-hybridized carbons (Fsp3) is 0.600. The number of rotatable bonds is 3. The fourth-order valence-corrected chi connectivity index (χ4v) is 1.79. The average Bonchev–Trinajstić information content (AvgIpc) is 1.98. The first-order valence-corrected chi connectivity index (χ1v) is 4.93. The summed E-state index contributed by atoms with van der Waals surface area (Å²) in [5.74, 6) is -0.373. The van der Waals surface area contributed by atoms with Crippen molar-refractivity contribution in [1.82, 2.24) is 0 Å². The van der Waals surface area contributed by atoms with Crippen LogP contribution in [0.5, 0.6) is 0 Å². The van der Waals surface area contributed by atoms with Crippen molar-refractivity contribution >= 4 is 44.7 Å². The number of carbonyl (C=O) groups excluding carboxylic acids is 2. The third kappa shape index (κ3) is 4.47. The van der Waals surface area contributed by atoms with Crippen LogP contribution in [0.3, 0.4) is 0 Å². The highest BCUT2D eigenvalue weighted by Crippen LogP contribution is 2.13. The van der Waals surface area contributed by atoms with Crippen LogP contribution < -0.4 is 0 Å². The predicted molar refractivity (Wildman–Crippen MR) is 50.2 cm³/mol. The average molecular weight is 239 g/mol. The van der Waals surface area contributed by atoms with Crippen molar-refractivity contribution in [2.24, 2.45) is 0 Å². The van der Waals surface area contributed by atoms with E-state index < -0.39 is 5.15 Å². The number of ether oxygens (including phenoxy) is 1. The zero-order valence-corrected chi connectivity index (χ0v) is 8.70. The van der Waals surface area contributed by atoms with E-state index in [1.54, 1.807) is 0 Å². The Hall–Kier alpha value is 0.0349. The molecule has 0 spiro atoms. The minimum absolute atomic E-state index is 0.0835. The van der Waals surface area contributed by atoms with E-state index in [1.165, 1.54) is 14.0 Å². The molecule has 0 aromatic heterocycles. The predicted octanol–water partition coefficient (Wildman–Crippen LogP) is 0.512. The standard InChI is InChI=1S/C5H8BBrO3S/c1-3(8)11-4(6-7)5(9)10-2/h4,6H,1-2H3. The van der Waals surface area contributed by atoms with Crippen LogP contribution in [0.2, 0.25) is 0 Å². The number of carbonyl (C=O) groups is 2. The maximum absolute atomic E-state index is 10.9. The molecule has 3 nitrogen and oxygen atoms in total. The maximum atomic E-state index is 10.9. The monoisotopic (exact) mass is 238 g/mol. The van der Waals surface area contributed by atoms with Gasteiger partial charge in [0.2, 0.25) is 6.10 Å². The van der Waals surface area contributed by atoms with Gasteiger partial charge in [0, 0.05) is 6.92 Å². The van der Waals surface area contributed by atoms with Crippen molar-refractivity contribution < 1.29 is 14.3 Å². The van der Waals surface area contributed by atoms with Crippen LogP contribution in [0.1, 0.15) is 6.92 Å². The molecule has 0 fully saturated rings. The van der Waals surface area contributed by atoms with E-state index in [0.717, 1.165) is 11.8 Å². The van der Waals surface area contributed by atoms with Crippen LogP contribution in [0.25, 0.3) is 0 Å². The Morgan fingerprint density at radius 3 is 2.45 bits per heavy atom. The van der Waals surface area contributed by atoms with Gasteiger partial charge in [-0.05, 0) is 0 Å². The first kappa shape index (κ1) is 11.0. The van der Waals surface area contributed by atoms with Gasteiger partial charge in [-0.1, -0.05) is 11.8 Å². The second-order valence-electron chi connectivity index (χ2n) is 1.78. The van der Waals surface area contributed by atoms with Crippen LogP contribution in [0.4, 0.5) is 0 Å². The van der Waals surface area contributed by atoms with Crippen molar-refractivity contribution in [2.45, 2.75) is 12.1 Å². The van der Waals surface area contributed by atoms with Crippen molar-refractivity contribution in [1.29, 1.82) is 0 Å². The molecule has 0 bridgehead atoms. The molecule has 0 aromatic carbocycles. The van der Waals surface area contributed by atoms with Gasteiger partial charge in [-0.2, -0.15) is 15.8 Å². The molecule has 1 unspecified atom stereocenters. The van der Waals surface area contributed by atoms with Crippen molar-refractivity contribution in [3.63, 3.8) is 0 Å². The number of esters is 1. The molecule has 0 heterocycles. The van der Waals surface area contributed by atoms with Gasteiger partial charge in [-0.25, -0.2) is 0 Å². The maximum Gasteiger partial charge on any atom is 0.312 e. The minimum atomic E-state index is -0.419. The molecule has 0 aliphatic heterocycles. The van der Waals surface area contributed by atoms with Gasteiger partial charge in [0.1, 0.15) is 0 Å². The number of thioether (sulfide) groups is 1. The summed E-state index contributed by atoms with van der Waals surface area (Å²) >= 11 is 4.08. The smallest absolute Gasteiger partial charge is 0.312 e. The molecule has 0 aromatic rings. The Balaban J connectivity index is 3.94. The number of methoxy groups -OCH3 is 1. The molecule has 1 atom stereocenters. The highest BCUT2D eigenvalue weighted by molar-refractivity contribution is 9.23. The molecule has 11 heavy (non-hydrogen) atoms. The van der Waals surface area contributed by atoms with Crippen molar-refractivity contribution in [3.8, 4) is 0 Å². The molecule has 0 aliphatic rings. The highest BCUT2D eigenvalue weighted by atomic mass is 79.9. The van der Waals surface area contributed by atoms with E-state index in [2.05, 4.69) is 20.5 Å². The quantitative estimate of drug-likeness (QED) is 0.531. The first-order valence-electron chi connectivity index (χ1n) is 2.92. The molecule has 0 radical (unpaired) electrons. The molecule has 0 aliphatic carbocycles. The second-order valence-corrected chi connectivity index (χ2v) is 3.80. The van der Waals surface area contributed by atoms with Crippen molar-refractivity contribution in [3.05, 3.63) is 0 Å². The Labute approximate surface area is 78.5 Å². The van der Waals surface area contributed by atoms with Gasteiger partial charge >= 0.3 is 5.97 Å². The third-order valence-corrected chi connectivity index (χ3v) is 2.96. The Morgan fingerprint density at radius 1 is 1.64 bits per heavy atom. The van der Waals surface area contributed by atoms with Crippen molar-refractivity contribution in [2.75, 3.05) is 7.11 Å². The number of hydrogen-bond donors (Lipinski definition) is 0. The molecular formula is C5H8BBrO3S. The van der Waals surface area contributed by atoms with Crippen LogP contribution in [-0.4, -0.2) is 29.4 Å². The number of halogens is 1. The lowest BCUT2D eigenvalue weighted by Gasteiger charge is -2.06. The normalized spacial score (nSPS) is 11.9. The van der Waals surface area contributed by atoms with E-state index in [0.29, 0.717) is 6.10 Å². The first-order chi connectivity index (χ1) is 5.11. The minimum Gasteiger partial charge on any atom is -0.469 e. The van der Waals surface area contributed by atoms with E-state index in [4.69, 9.17) is 0 Å². The zero-order chi connectivity index (χ0) is 8.85. The van der Waals surface area contributed by atoms with Crippen LogP contribution in [0.15, 0.2) is 0 Å². The summed E-state index contributed by atoms with van der Waals surface area (Å²) in [6.45, 7) is 1.42. The zero-order valence-electron chi connectivity index (χ0n) is 6.30. The Morgan fingerprint density at radius 2 is 2.18 bits per heavy atom. The molecule has 6 heteroatoms. The highest BCUT2D eigenvalue weighted by Gasteiger charge is 2.21. The summed E-state index contributed by atoms with van der Waals surface area (Å²) < 4.78 is 4.46. The van der Waals surface area contributed by atoms with E-state index in [-0.39, 0.29) is 11.1 Å². The molecular weight excluding hydrogens is 231 g/mol. The fourth-order valence-electron chi connectivity index (χ4n) is 0.474. The van der Waals surface area contributed by atoms with Crippen LogP contribution in [0, 0.1) is 0 Å². The van der Waals surface area contributed by atoms with Gasteiger partial charge in [-0.15, -0.1) is 0 Å². The van der Waals surface area contributed by atoms with Crippen LogP contribution >= 0.6 is 27.5 Å². The summed E-state index contributed by atoms with van der Waals surface area (Å²) in [5.41, 5.74) is 0. The molecule has 0 rings (SSSR count). The topological polar surface area (TPSA) is 43.4 Å².